The van der Waals surface area contributed by atoms with Gasteiger partial charge < -0.3 is 5.32 Å². The first-order chi connectivity index (χ1) is 13.0. The second-order valence-corrected chi connectivity index (χ2v) is 6.53. The number of hydrazone groups is 1. The second-order valence-electron chi connectivity index (χ2n) is 6.12. The maximum Gasteiger partial charge on any atom is 0.295 e. The minimum Gasteiger partial charge on any atom is -0.325 e. The van der Waals surface area contributed by atoms with Crippen LogP contribution in [0.5, 0.6) is 0 Å². The van der Waals surface area contributed by atoms with Crippen molar-refractivity contribution in [1.82, 2.24) is 14.8 Å². The fourth-order valence-electron chi connectivity index (χ4n) is 2.75. The summed E-state index contributed by atoms with van der Waals surface area (Å²) in [6.07, 6.45) is 1.70. The zero-order chi connectivity index (χ0) is 19.4. The Balaban J connectivity index is 1.77. The molecule has 7 heteroatoms. The summed E-state index contributed by atoms with van der Waals surface area (Å²) in [5.74, 6) is 0. The molecule has 0 radical (unpaired) electrons. The van der Waals surface area contributed by atoms with E-state index < -0.39 is 0 Å². The van der Waals surface area contributed by atoms with Crippen LogP contribution in [0.2, 0.25) is 0 Å². The number of hydrogen-bond acceptors (Lipinski definition) is 3. The molecule has 27 heavy (non-hydrogen) atoms. The van der Waals surface area contributed by atoms with Crippen LogP contribution in [0, 0.1) is 13.8 Å². The molecule has 6 nitrogen and oxygen atoms in total. The van der Waals surface area contributed by atoms with Gasteiger partial charge >= 0.3 is 0 Å². The van der Waals surface area contributed by atoms with E-state index in [0.717, 1.165) is 22.5 Å². The Bertz CT molecular complexity index is 1050. The molecular weight excluding hydrogens is 358 g/mol. The Kier molecular flexibility index (Phi) is 5.52. The van der Waals surface area contributed by atoms with E-state index in [0.29, 0.717) is 5.69 Å². The average Bonchev–Trinajstić information content (AvgIpc) is 2.87. The largest absolute Gasteiger partial charge is 0.325 e. The van der Waals surface area contributed by atoms with E-state index in [-0.39, 0.29) is 10.7 Å². The first-order valence-corrected chi connectivity index (χ1v) is 8.89. The van der Waals surface area contributed by atoms with Crippen molar-refractivity contribution in [3.05, 3.63) is 81.8 Å². The molecule has 0 aliphatic carbocycles. The second kappa shape index (κ2) is 8.01. The molecule has 1 aromatic heterocycles. The molecule has 0 spiro atoms. The fourth-order valence-corrected chi connectivity index (χ4v) is 2.90. The van der Waals surface area contributed by atoms with Crippen LogP contribution in [0.3, 0.4) is 0 Å². The van der Waals surface area contributed by atoms with Gasteiger partial charge in [0, 0.05) is 7.05 Å². The van der Waals surface area contributed by atoms with Gasteiger partial charge in [0.2, 0.25) is 0 Å². The van der Waals surface area contributed by atoms with Gasteiger partial charge in [-0.2, -0.15) is 5.10 Å². The predicted octanol–water partition coefficient (Wildman–Crippen LogP) is 3.11. The molecule has 0 aliphatic rings. The molecular formula is C20H21N5OS. The summed E-state index contributed by atoms with van der Waals surface area (Å²) < 4.78 is 3.39. The zero-order valence-corrected chi connectivity index (χ0v) is 16.2. The molecule has 2 N–H and O–H groups in total. The van der Waals surface area contributed by atoms with Gasteiger partial charge in [0.1, 0.15) is 5.69 Å². The number of aromatic nitrogens is 2. The number of thiocarbonyl (C=S) groups is 1. The Morgan fingerprint density at radius 3 is 2.44 bits per heavy atom. The van der Waals surface area contributed by atoms with Crippen molar-refractivity contribution in [3.63, 3.8) is 0 Å². The van der Waals surface area contributed by atoms with Crippen LogP contribution < -0.4 is 16.3 Å². The molecule has 3 aromatic rings. The predicted molar refractivity (Wildman–Crippen MR) is 114 cm³/mol. The van der Waals surface area contributed by atoms with Gasteiger partial charge in [-0.1, -0.05) is 42.5 Å². The normalized spacial score (nSPS) is 10.9. The van der Waals surface area contributed by atoms with Crippen molar-refractivity contribution in [2.75, 3.05) is 5.32 Å². The molecule has 2 aromatic carbocycles. The lowest BCUT2D eigenvalue weighted by Gasteiger charge is -2.07. The lowest BCUT2D eigenvalue weighted by Crippen LogP contribution is -2.28. The minimum absolute atomic E-state index is 0.173. The van der Waals surface area contributed by atoms with E-state index >= 15 is 0 Å². The fraction of sp³-hybridized carbons (Fsp3) is 0.150. The molecule has 0 aliphatic heterocycles. The van der Waals surface area contributed by atoms with Gasteiger partial charge in [-0.05, 0) is 49.3 Å². The quantitative estimate of drug-likeness (QED) is 0.415. The Morgan fingerprint density at radius 2 is 1.74 bits per heavy atom. The van der Waals surface area contributed by atoms with Crippen LogP contribution in [0.4, 0.5) is 5.69 Å². The summed E-state index contributed by atoms with van der Waals surface area (Å²) in [5.41, 5.74) is 6.69. The van der Waals surface area contributed by atoms with Gasteiger partial charge in [-0.15, -0.1) is 0 Å². The molecule has 0 unspecified atom stereocenters. The smallest absolute Gasteiger partial charge is 0.295 e. The number of benzene rings is 2. The summed E-state index contributed by atoms with van der Waals surface area (Å²) >= 11 is 5.28. The molecule has 138 valence electrons. The van der Waals surface area contributed by atoms with Crippen molar-refractivity contribution in [3.8, 4) is 5.69 Å². The van der Waals surface area contributed by atoms with E-state index in [9.17, 15) is 4.79 Å². The van der Waals surface area contributed by atoms with E-state index in [4.69, 9.17) is 12.2 Å². The SMILES string of the molecule is Cc1ccccc1/C=N\NC(=S)Nc1c(C)n(C)n(-c2ccccc2)c1=O. The minimum atomic E-state index is -0.173. The third kappa shape index (κ3) is 3.98. The zero-order valence-electron chi connectivity index (χ0n) is 15.4. The highest BCUT2D eigenvalue weighted by Gasteiger charge is 2.16. The molecule has 0 atom stereocenters. The summed E-state index contributed by atoms with van der Waals surface area (Å²) in [6.45, 7) is 3.87. The van der Waals surface area contributed by atoms with E-state index in [1.165, 1.54) is 0 Å². The summed E-state index contributed by atoms with van der Waals surface area (Å²) in [5, 5.41) is 7.37. The number of anilines is 1. The van der Waals surface area contributed by atoms with Crippen LogP contribution >= 0.6 is 12.2 Å². The topological polar surface area (TPSA) is 63.4 Å². The van der Waals surface area contributed by atoms with Crippen molar-refractivity contribution >= 4 is 29.2 Å². The highest BCUT2D eigenvalue weighted by Crippen LogP contribution is 2.13. The van der Waals surface area contributed by atoms with Crippen LogP contribution in [-0.4, -0.2) is 20.7 Å². The molecule has 1 heterocycles. The van der Waals surface area contributed by atoms with Crippen molar-refractivity contribution < 1.29 is 0 Å². The highest BCUT2D eigenvalue weighted by molar-refractivity contribution is 7.80. The average molecular weight is 379 g/mol. The molecule has 0 saturated carbocycles. The number of aryl methyl sites for hydroxylation is 1. The van der Waals surface area contributed by atoms with Crippen molar-refractivity contribution in [1.29, 1.82) is 0 Å². The standard InChI is InChI=1S/C20H21N5OS/c1-14-9-7-8-10-16(14)13-21-23-20(27)22-18-15(2)24(3)25(19(18)26)17-11-5-4-6-12-17/h4-13H,1-3H3,(H2,22,23,27)/b21-13-. The number of hydrogen-bond donors (Lipinski definition) is 2. The molecule has 0 saturated heterocycles. The number of nitrogens with zero attached hydrogens (tertiary/aromatic N) is 3. The monoisotopic (exact) mass is 379 g/mol. The Labute approximate surface area is 163 Å². The third-order valence-electron chi connectivity index (χ3n) is 4.35. The van der Waals surface area contributed by atoms with Gasteiger partial charge in [-0.25, -0.2) is 4.68 Å². The number of para-hydroxylation sites is 1. The summed E-state index contributed by atoms with van der Waals surface area (Å²) in [7, 11) is 1.84. The van der Waals surface area contributed by atoms with Crippen LogP contribution in [0.1, 0.15) is 16.8 Å². The van der Waals surface area contributed by atoms with Crippen molar-refractivity contribution in [2.24, 2.45) is 12.1 Å². The van der Waals surface area contributed by atoms with Gasteiger partial charge in [0.15, 0.2) is 5.11 Å². The third-order valence-corrected chi connectivity index (χ3v) is 4.54. The van der Waals surface area contributed by atoms with Gasteiger partial charge in [-0.3, -0.25) is 14.9 Å². The lowest BCUT2D eigenvalue weighted by molar-refractivity contribution is 0.630. The first kappa shape index (κ1) is 18.6. The first-order valence-electron chi connectivity index (χ1n) is 8.48. The Hall–Kier alpha value is -3.19. The van der Waals surface area contributed by atoms with Crippen LogP contribution in [0.15, 0.2) is 64.5 Å². The summed E-state index contributed by atoms with van der Waals surface area (Å²) in [6, 6.07) is 17.4. The maximum atomic E-state index is 12.8. The van der Waals surface area contributed by atoms with E-state index in [1.807, 2.05) is 75.5 Å². The molecule has 0 bridgehead atoms. The van der Waals surface area contributed by atoms with Crippen LogP contribution in [0.25, 0.3) is 5.69 Å². The van der Waals surface area contributed by atoms with Crippen LogP contribution in [-0.2, 0) is 7.05 Å². The number of nitrogens with one attached hydrogen (secondary N) is 2. The maximum absolute atomic E-state index is 12.8. The van der Waals surface area contributed by atoms with E-state index in [2.05, 4.69) is 15.8 Å². The highest BCUT2D eigenvalue weighted by atomic mass is 32.1. The van der Waals surface area contributed by atoms with E-state index in [1.54, 1.807) is 15.6 Å². The molecule has 3 rings (SSSR count). The van der Waals surface area contributed by atoms with Crippen molar-refractivity contribution in [2.45, 2.75) is 13.8 Å². The number of rotatable bonds is 4. The summed E-state index contributed by atoms with van der Waals surface area (Å²) in [4.78, 5) is 12.8. The molecule has 0 amide bonds. The molecule has 0 fully saturated rings. The van der Waals surface area contributed by atoms with Gasteiger partial charge in [0.25, 0.3) is 5.56 Å². The lowest BCUT2D eigenvalue weighted by atomic mass is 10.1. The van der Waals surface area contributed by atoms with Gasteiger partial charge in [0.05, 0.1) is 17.6 Å². The Morgan fingerprint density at radius 1 is 1.07 bits per heavy atom.